The lowest BCUT2D eigenvalue weighted by atomic mass is 9.83. The van der Waals surface area contributed by atoms with E-state index in [1.54, 1.807) is 0 Å². The molecule has 0 aliphatic heterocycles. The summed E-state index contributed by atoms with van der Waals surface area (Å²) in [5.41, 5.74) is 0.0694. The van der Waals surface area contributed by atoms with Gasteiger partial charge in [0.15, 0.2) is 6.61 Å². The van der Waals surface area contributed by atoms with Crippen LogP contribution in [0, 0.1) is 11.3 Å². The molecule has 8 heteroatoms. The largest absolute Gasteiger partial charge is 0.454 e. The molecule has 0 unspecified atom stereocenters. The molecule has 3 rings (SSSR count). The van der Waals surface area contributed by atoms with E-state index in [1.807, 2.05) is 24.3 Å². The zero-order valence-electron chi connectivity index (χ0n) is 14.9. The number of aromatic nitrogens is 1. The van der Waals surface area contributed by atoms with E-state index in [9.17, 15) is 14.9 Å². The summed E-state index contributed by atoms with van der Waals surface area (Å²) in [6.07, 6.45) is 4.16. The molecule has 7 nitrogen and oxygen atoms in total. The second-order valence-corrected chi connectivity index (χ2v) is 7.65. The number of nitrogens with one attached hydrogen (secondary N) is 1. The highest BCUT2D eigenvalue weighted by Gasteiger charge is 2.33. The van der Waals surface area contributed by atoms with Gasteiger partial charge in [0, 0.05) is 0 Å². The summed E-state index contributed by atoms with van der Waals surface area (Å²) < 4.78 is 11.3. The zero-order valence-corrected chi connectivity index (χ0v) is 15.7. The number of benzene rings is 1. The molecule has 27 heavy (non-hydrogen) atoms. The molecule has 0 spiro atoms. The maximum atomic E-state index is 12.0. The van der Waals surface area contributed by atoms with Gasteiger partial charge in [0.05, 0.1) is 22.9 Å². The summed E-state index contributed by atoms with van der Waals surface area (Å²) in [5.74, 6) is -1.08. The first-order chi connectivity index (χ1) is 13.1. The van der Waals surface area contributed by atoms with Crippen molar-refractivity contribution in [3.63, 3.8) is 0 Å². The fourth-order valence-corrected chi connectivity index (χ4v) is 4.02. The quantitative estimate of drug-likeness (QED) is 0.733. The number of para-hydroxylation sites is 1. The van der Waals surface area contributed by atoms with Crippen LogP contribution in [0.3, 0.4) is 0 Å². The third-order valence-corrected chi connectivity index (χ3v) is 5.46. The molecular formula is C19H21N3O4S. The van der Waals surface area contributed by atoms with Crippen molar-refractivity contribution >= 4 is 33.4 Å². The van der Waals surface area contributed by atoms with Crippen LogP contribution >= 0.6 is 11.3 Å². The number of ether oxygens (including phenoxy) is 2. The maximum Gasteiger partial charge on any atom is 0.332 e. The minimum Gasteiger partial charge on any atom is -0.454 e. The zero-order chi connectivity index (χ0) is 19.1. The van der Waals surface area contributed by atoms with E-state index in [0.29, 0.717) is 12.8 Å². The van der Waals surface area contributed by atoms with Gasteiger partial charge in [-0.25, -0.2) is 9.78 Å². The molecule has 0 bridgehead atoms. The number of fused-ring (bicyclic) bond motifs is 1. The molecule has 142 valence electrons. The third-order valence-electron chi connectivity index (χ3n) is 4.45. The highest BCUT2D eigenvalue weighted by Crippen LogP contribution is 2.27. The van der Waals surface area contributed by atoms with Crippen molar-refractivity contribution in [2.75, 3.05) is 13.2 Å². The number of carbonyl (C=O) groups is 2. The van der Waals surface area contributed by atoms with E-state index in [0.717, 1.165) is 34.5 Å². The van der Waals surface area contributed by atoms with Crippen molar-refractivity contribution in [3.8, 4) is 6.07 Å². The molecule has 1 aliphatic rings. The van der Waals surface area contributed by atoms with E-state index in [2.05, 4.69) is 16.4 Å². The standard InChI is InChI=1S/C19H21N3O4S/c20-13-19(8-4-1-5-9-19)22-16(23)10-26-18(24)12-25-11-17-21-14-6-2-3-7-15(14)27-17/h2-3,6-7H,1,4-5,8-12H2,(H,22,23). The molecule has 1 aromatic carbocycles. The molecule has 1 fully saturated rings. The van der Waals surface area contributed by atoms with Gasteiger partial charge >= 0.3 is 5.97 Å². The third kappa shape index (κ3) is 5.25. The Bertz CT molecular complexity index is 819. The van der Waals surface area contributed by atoms with Crippen LogP contribution in [0.2, 0.25) is 0 Å². The Kier molecular flexibility index (Phi) is 6.37. The van der Waals surface area contributed by atoms with Crippen LogP contribution in [0.25, 0.3) is 10.2 Å². The second kappa shape index (κ2) is 8.93. The number of nitrogens with zero attached hydrogens (tertiary/aromatic N) is 2. The average Bonchev–Trinajstić information content (AvgIpc) is 3.10. The summed E-state index contributed by atoms with van der Waals surface area (Å²) in [5, 5.41) is 12.8. The van der Waals surface area contributed by atoms with Gasteiger partial charge in [-0.1, -0.05) is 31.4 Å². The highest BCUT2D eigenvalue weighted by atomic mass is 32.1. The van der Waals surface area contributed by atoms with Crippen LogP contribution in [0.4, 0.5) is 0 Å². The molecule has 1 aromatic heterocycles. The summed E-state index contributed by atoms with van der Waals surface area (Å²) in [6, 6.07) is 9.95. The molecular weight excluding hydrogens is 366 g/mol. The molecule has 1 N–H and O–H groups in total. The van der Waals surface area contributed by atoms with Crippen LogP contribution in [0.5, 0.6) is 0 Å². The normalized spacial score (nSPS) is 15.8. The Morgan fingerprint density at radius 2 is 2.00 bits per heavy atom. The maximum absolute atomic E-state index is 12.0. The van der Waals surface area contributed by atoms with Crippen molar-refractivity contribution in [1.29, 1.82) is 5.26 Å². The Balaban J connectivity index is 1.37. The smallest absolute Gasteiger partial charge is 0.332 e. The van der Waals surface area contributed by atoms with E-state index in [4.69, 9.17) is 9.47 Å². The number of hydrogen-bond acceptors (Lipinski definition) is 7. The molecule has 1 saturated carbocycles. The number of esters is 1. The van der Waals surface area contributed by atoms with E-state index >= 15 is 0 Å². The summed E-state index contributed by atoms with van der Waals surface area (Å²) in [4.78, 5) is 28.1. The van der Waals surface area contributed by atoms with Gasteiger partial charge < -0.3 is 14.8 Å². The van der Waals surface area contributed by atoms with E-state index in [-0.39, 0.29) is 13.2 Å². The summed E-state index contributed by atoms with van der Waals surface area (Å²) in [6.45, 7) is -0.461. The van der Waals surface area contributed by atoms with Crippen LogP contribution in [0.15, 0.2) is 24.3 Å². The topological polar surface area (TPSA) is 101 Å². The Hall–Kier alpha value is -2.50. The predicted molar refractivity (Wildman–Crippen MR) is 99.8 cm³/mol. The summed E-state index contributed by atoms with van der Waals surface area (Å²) >= 11 is 1.51. The molecule has 0 atom stereocenters. The van der Waals surface area contributed by atoms with Crippen LogP contribution in [0.1, 0.15) is 37.1 Å². The van der Waals surface area contributed by atoms with Crippen LogP contribution < -0.4 is 5.32 Å². The predicted octanol–water partition coefficient (Wildman–Crippen LogP) is 2.70. The van der Waals surface area contributed by atoms with Gasteiger partial charge in [-0.2, -0.15) is 5.26 Å². The summed E-state index contributed by atoms with van der Waals surface area (Å²) in [7, 11) is 0. The minimum absolute atomic E-state index is 0.207. The molecule has 0 radical (unpaired) electrons. The van der Waals surface area contributed by atoms with Crippen molar-refractivity contribution in [3.05, 3.63) is 29.3 Å². The first-order valence-electron chi connectivity index (χ1n) is 8.90. The van der Waals surface area contributed by atoms with Crippen molar-refractivity contribution in [1.82, 2.24) is 10.3 Å². The lowest BCUT2D eigenvalue weighted by molar-refractivity contribution is -0.153. The van der Waals surface area contributed by atoms with Gasteiger partial charge in [-0.05, 0) is 25.0 Å². The van der Waals surface area contributed by atoms with Crippen molar-refractivity contribution in [2.45, 2.75) is 44.2 Å². The monoisotopic (exact) mass is 387 g/mol. The fourth-order valence-electron chi connectivity index (χ4n) is 3.11. The van der Waals surface area contributed by atoms with Gasteiger partial charge in [-0.15, -0.1) is 11.3 Å². The molecule has 0 saturated heterocycles. The number of thiazole rings is 1. The van der Waals surface area contributed by atoms with Gasteiger partial charge in [0.1, 0.15) is 17.2 Å². The van der Waals surface area contributed by atoms with Gasteiger partial charge in [-0.3, -0.25) is 4.79 Å². The lowest BCUT2D eigenvalue weighted by Gasteiger charge is -2.31. The SMILES string of the molecule is N#CC1(NC(=O)COC(=O)COCc2nc3ccccc3s2)CCCCC1. The Morgan fingerprint density at radius 1 is 1.22 bits per heavy atom. The van der Waals surface area contributed by atoms with Crippen molar-refractivity contribution in [2.24, 2.45) is 0 Å². The molecule has 2 aromatic rings. The number of rotatable bonds is 7. The molecule has 1 heterocycles. The first-order valence-corrected chi connectivity index (χ1v) is 9.72. The van der Waals surface area contributed by atoms with Crippen LogP contribution in [-0.2, 0) is 25.7 Å². The van der Waals surface area contributed by atoms with E-state index in [1.165, 1.54) is 11.3 Å². The van der Waals surface area contributed by atoms with Gasteiger partial charge in [0.2, 0.25) is 0 Å². The van der Waals surface area contributed by atoms with Gasteiger partial charge in [0.25, 0.3) is 5.91 Å². The van der Waals surface area contributed by atoms with Crippen molar-refractivity contribution < 1.29 is 19.1 Å². The minimum atomic E-state index is -0.828. The number of hydrogen-bond donors (Lipinski definition) is 1. The number of nitriles is 1. The Morgan fingerprint density at radius 3 is 2.74 bits per heavy atom. The second-order valence-electron chi connectivity index (χ2n) is 6.53. The van der Waals surface area contributed by atoms with E-state index < -0.39 is 24.0 Å². The number of carbonyl (C=O) groups excluding carboxylic acids is 2. The molecule has 1 aliphatic carbocycles. The number of amides is 1. The van der Waals surface area contributed by atoms with Crippen LogP contribution in [-0.4, -0.2) is 35.6 Å². The average molecular weight is 387 g/mol. The fraction of sp³-hybridized carbons (Fsp3) is 0.474. The lowest BCUT2D eigenvalue weighted by Crippen LogP contribution is -2.50. The first kappa shape index (κ1) is 19.3. The highest BCUT2D eigenvalue weighted by molar-refractivity contribution is 7.18. The Labute approximate surface area is 161 Å². The molecule has 1 amide bonds.